The molecule has 1 atom stereocenters. The highest BCUT2D eigenvalue weighted by atomic mass is 16.5. The van der Waals surface area contributed by atoms with Gasteiger partial charge >= 0.3 is 5.97 Å². The Morgan fingerprint density at radius 1 is 1.48 bits per heavy atom. The van der Waals surface area contributed by atoms with Crippen molar-refractivity contribution < 1.29 is 20.2 Å². The number of rotatable bonds is 6. The summed E-state index contributed by atoms with van der Waals surface area (Å²) in [5.41, 5.74) is 5.23. The van der Waals surface area contributed by atoms with E-state index in [4.69, 9.17) is 9.63 Å². The molecule has 0 aliphatic heterocycles. The third kappa shape index (κ3) is 3.63. The number of nitrogens with one attached hydrogen (secondary N) is 1. The molecule has 0 fully saturated rings. The molecular formula is C15H17N6O4+. The summed E-state index contributed by atoms with van der Waals surface area (Å²) >= 11 is 0. The summed E-state index contributed by atoms with van der Waals surface area (Å²) in [5.74, 6) is -0.920. The second-order valence-electron chi connectivity index (χ2n) is 5.71. The van der Waals surface area contributed by atoms with Crippen molar-refractivity contribution in [3.8, 4) is 11.6 Å². The predicted molar refractivity (Wildman–Crippen MR) is 84.4 cm³/mol. The van der Waals surface area contributed by atoms with E-state index < -0.39 is 17.6 Å². The van der Waals surface area contributed by atoms with Gasteiger partial charge in [-0.15, -0.1) is 10.2 Å². The van der Waals surface area contributed by atoms with Crippen LogP contribution in [0, 0.1) is 6.92 Å². The van der Waals surface area contributed by atoms with Gasteiger partial charge in [0, 0.05) is 6.42 Å². The Bertz CT molecular complexity index is 957. The highest BCUT2D eigenvalue weighted by molar-refractivity contribution is 5.72. The molecule has 2 aromatic heterocycles. The van der Waals surface area contributed by atoms with Crippen LogP contribution < -0.4 is 11.3 Å². The van der Waals surface area contributed by atoms with Gasteiger partial charge < -0.3 is 15.4 Å². The first-order valence-electron chi connectivity index (χ1n) is 7.54. The summed E-state index contributed by atoms with van der Waals surface area (Å²) < 4.78 is 5.11. The molecule has 0 aliphatic rings. The largest absolute Gasteiger partial charge is 0.477 e. The molecule has 3 rings (SSSR count). The van der Waals surface area contributed by atoms with Crippen molar-refractivity contribution in [2.45, 2.75) is 25.9 Å². The Morgan fingerprint density at radius 2 is 2.28 bits per heavy atom. The first kappa shape index (κ1) is 16.6. The number of carboxylic acid groups (broad SMARTS) is 1. The van der Waals surface area contributed by atoms with Crippen molar-refractivity contribution in [2.75, 3.05) is 0 Å². The van der Waals surface area contributed by atoms with E-state index in [2.05, 4.69) is 26.3 Å². The van der Waals surface area contributed by atoms with E-state index in [9.17, 15) is 9.59 Å². The predicted octanol–water partition coefficient (Wildman–Crippen LogP) is -0.784. The van der Waals surface area contributed by atoms with Crippen molar-refractivity contribution in [1.82, 2.24) is 25.4 Å². The maximum atomic E-state index is 11.9. The maximum absolute atomic E-state index is 11.9. The Balaban J connectivity index is 1.85. The molecule has 0 unspecified atom stereocenters. The molecule has 0 radical (unpaired) electrons. The lowest BCUT2D eigenvalue weighted by atomic mass is 10.1. The molecule has 0 saturated carbocycles. The number of H-pyrrole nitrogens is 1. The van der Waals surface area contributed by atoms with Gasteiger partial charge in [0.2, 0.25) is 11.6 Å². The van der Waals surface area contributed by atoms with Crippen molar-refractivity contribution >= 4 is 5.97 Å². The van der Waals surface area contributed by atoms with Gasteiger partial charge in [-0.05, 0) is 17.7 Å². The van der Waals surface area contributed by atoms with Crippen LogP contribution >= 0.6 is 0 Å². The lowest BCUT2D eigenvalue weighted by Gasteiger charge is -2.01. The number of benzene rings is 1. The van der Waals surface area contributed by atoms with Gasteiger partial charge in [0.15, 0.2) is 6.04 Å². The lowest BCUT2D eigenvalue weighted by molar-refractivity contribution is -0.407. The monoisotopic (exact) mass is 345 g/mol. The number of tetrazole rings is 1. The van der Waals surface area contributed by atoms with Crippen molar-refractivity contribution in [1.29, 1.82) is 0 Å². The summed E-state index contributed by atoms with van der Waals surface area (Å²) in [6.07, 6.45) is -0.0943. The van der Waals surface area contributed by atoms with Crippen LogP contribution in [-0.2, 0) is 17.8 Å². The van der Waals surface area contributed by atoms with E-state index in [1.807, 2.05) is 31.2 Å². The van der Waals surface area contributed by atoms with Crippen LogP contribution in [-0.4, -0.2) is 42.5 Å². The van der Waals surface area contributed by atoms with Crippen LogP contribution in [0.15, 0.2) is 33.6 Å². The second-order valence-corrected chi connectivity index (χ2v) is 5.71. The van der Waals surface area contributed by atoms with E-state index in [1.165, 1.54) is 4.80 Å². The number of aromatic amines is 1. The molecule has 25 heavy (non-hydrogen) atoms. The molecule has 0 bridgehead atoms. The molecule has 0 amide bonds. The van der Waals surface area contributed by atoms with Crippen LogP contribution in [0.25, 0.3) is 11.6 Å². The molecule has 1 aromatic carbocycles. The third-order valence-corrected chi connectivity index (χ3v) is 3.66. The molecule has 2 heterocycles. The van der Waals surface area contributed by atoms with Gasteiger partial charge in [-0.25, -0.2) is 4.79 Å². The van der Waals surface area contributed by atoms with Crippen LogP contribution in [0.3, 0.4) is 0 Å². The minimum absolute atomic E-state index is 0.0791. The second kappa shape index (κ2) is 6.69. The molecule has 5 N–H and O–H groups in total. The highest BCUT2D eigenvalue weighted by Crippen LogP contribution is 2.17. The number of aliphatic carboxylic acids is 1. The number of nitrogens with zero attached hydrogens (tertiary/aromatic N) is 4. The van der Waals surface area contributed by atoms with Crippen molar-refractivity contribution in [2.24, 2.45) is 0 Å². The average molecular weight is 345 g/mol. The SMILES string of the molecule is Cc1cccc(Cn2nnc(-c3o[nH]c(=O)c3C[C@H]([NH3+])C(=O)O)n2)c1. The molecule has 0 aliphatic carbocycles. The zero-order valence-corrected chi connectivity index (χ0v) is 13.5. The summed E-state index contributed by atoms with van der Waals surface area (Å²) in [6, 6.07) is 6.89. The number of hydrogen-bond donors (Lipinski definition) is 3. The number of aromatic nitrogens is 5. The molecular weight excluding hydrogens is 328 g/mol. The van der Waals surface area contributed by atoms with Gasteiger partial charge in [-0.1, -0.05) is 29.8 Å². The molecule has 130 valence electrons. The van der Waals surface area contributed by atoms with Gasteiger partial charge in [-0.2, -0.15) is 9.95 Å². The van der Waals surface area contributed by atoms with E-state index in [1.54, 1.807) is 0 Å². The Kier molecular flexibility index (Phi) is 4.44. The first-order chi connectivity index (χ1) is 11.9. The van der Waals surface area contributed by atoms with Crippen LogP contribution in [0.2, 0.25) is 0 Å². The zero-order valence-electron chi connectivity index (χ0n) is 13.5. The Morgan fingerprint density at radius 3 is 3.00 bits per heavy atom. The smallest absolute Gasteiger partial charge is 0.362 e. The molecule has 0 spiro atoms. The van der Waals surface area contributed by atoms with E-state index in [0.717, 1.165) is 11.1 Å². The van der Waals surface area contributed by atoms with Crippen molar-refractivity contribution in [3.63, 3.8) is 0 Å². The fraction of sp³-hybridized carbons (Fsp3) is 0.267. The average Bonchev–Trinajstić information content (AvgIpc) is 3.15. The maximum Gasteiger partial charge on any atom is 0.362 e. The molecule has 10 nitrogen and oxygen atoms in total. The Hall–Kier alpha value is -3.27. The molecule has 10 heteroatoms. The summed E-state index contributed by atoms with van der Waals surface area (Å²) in [5, 5.41) is 23.2. The fourth-order valence-corrected chi connectivity index (χ4v) is 2.40. The quantitative estimate of drug-likeness (QED) is 0.529. The minimum Gasteiger partial charge on any atom is -0.477 e. The number of carbonyl (C=O) groups is 1. The van der Waals surface area contributed by atoms with Gasteiger partial charge in [-0.3, -0.25) is 4.79 Å². The summed E-state index contributed by atoms with van der Waals surface area (Å²) in [6.45, 7) is 2.40. The standard InChI is InChI=1S/C15H16N6O4/c1-8-3-2-4-9(5-8)7-21-18-13(17-20-21)12-10(14(22)19-25-12)6-11(16)15(23)24/h2-5,11H,6-7,16H2,1H3,(H,19,22)(H,23,24)/p+1/t11-/m0/s1. The minimum atomic E-state index is -1.11. The van der Waals surface area contributed by atoms with Gasteiger partial charge in [0.1, 0.15) is 0 Å². The number of hydrogen-bond acceptors (Lipinski definition) is 6. The number of quaternary nitrogens is 1. The molecule has 3 aromatic rings. The lowest BCUT2D eigenvalue weighted by Crippen LogP contribution is -2.66. The van der Waals surface area contributed by atoms with Crippen LogP contribution in [0.4, 0.5) is 0 Å². The van der Waals surface area contributed by atoms with Gasteiger partial charge in [0.25, 0.3) is 5.56 Å². The normalized spacial score (nSPS) is 12.2. The van der Waals surface area contributed by atoms with Crippen LogP contribution in [0.5, 0.6) is 0 Å². The summed E-state index contributed by atoms with van der Waals surface area (Å²) in [4.78, 5) is 24.2. The third-order valence-electron chi connectivity index (χ3n) is 3.66. The fourth-order valence-electron chi connectivity index (χ4n) is 2.40. The topological polar surface area (TPSA) is 155 Å². The van der Waals surface area contributed by atoms with Crippen LogP contribution in [0.1, 0.15) is 16.7 Å². The van der Waals surface area contributed by atoms with Crippen molar-refractivity contribution in [3.05, 3.63) is 51.3 Å². The van der Waals surface area contributed by atoms with E-state index >= 15 is 0 Å². The first-order valence-corrected chi connectivity index (χ1v) is 7.54. The Labute approximate surface area is 141 Å². The summed E-state index contributed by atoms with van der Waals surface area (Å²) in [7, 11) is 0. The van der Waals surface area contributed by atoms with E-state index in [-0.39, 0.29) is 23.6 Å². The highest BCUT2D eigenvalue weighted by Gasteiger charge is 2.26. The van der Waals surface area contributed by atoms with Gasteiger partial charge in [0.05, 0.1) is 12.1 Å². The van der Waals surface area contributed by atoms with E-state index in [0.29, 0.717) is 6.54 Å². The number of aryl methyl sites for hydroxylation is 1. The zero-order chi connectivity index (χ0) is 18.0. The number of carboxylic acids is 1. The molecule has 0 saturated heterocycles.